The van der Waals surface area contributed by atoms with Gasteiger partial charge in [0.2, 0.25) is 11.9 Å². The molecule has 0 aliphatic heterocycles. The first kappa shape index (κ1) is 13.4. The maximum atomic E-state index is 11.6. The summed E-state index contributed by atoms with van der Waals surface area (Å²) in [5.41, 5.74) is 7.83. The Hall–Kier alpha value is -1.56. The van der Waals surface area contributed by atoms with E-state index in [2.05, 4.69) is 26.2 Å². The zero-order chi connectivity index (χ0) is 14.1. The fourth-order valence-electron chi connectivity index (χ4n) is 2.28. The number of imidazole rings is 1. The number of fused-ring (bicyclic) bond motifs is 1. The van der Waals surface area contributed by atoms with E-state index < -0.39 is 0 Å². The molecule has 2 aromatic rings. The lowest BCUT2D eigenvalue weighted by Crippen LogP contribution is -2.25. The van der Waals surface area contributed by atoms with Gasteiger partial charge < -0.3 is 15.6 Å². The monoisotopic (exact) mass is 336 g/mol. The van der Waals surface area contributed by atoms with Crippen LogP contribution in [0.1, 0.15) is 25.7 Å². The van der Waals surface area contributed by atoms with Crippen molar-refractivity contribution in [3.05, 3.63) is 22.7 Å². The van der Waals surface area contributed by atoms with Gasteiger partial charge in [0.25, 0.3) is 0 Å². The van der Waals surface area contributed by atoms with Gasteiger partial charge in [-0.05, 0) is 37.5 Å². The van der Waals surface area contributed by atoms with E-state index in [4.69, 9.17) is 5.73 Å². The van der Waals surface area contributed by atoms with Crippen LogP contribution in [0.3, 0.4) is 0 Å². The molecule has 1 aromatic carbocycles. The minimum atomic E-state index is 0.137. The molecule has 3 rings (SSSR count). The number of benzene rings is 1. The van der Waals surface area contributed by atoms with Crippen molar-refractivity contribution in [3.8, 4) is 0 Å². The van der Waals surface area contributed by atoms with Crippen LogP contribution in [0.25, 0.3) is 11.0 Å². The molecule has 0 radical (unpaired) electrons. The Morgan fingerprint density at radius 1 is 1.50 bits per heavy atom. The molecule has 6 heteroatoms. The summed E-state index contributed by atoms with van der Waals surface area (Å²) in [4.78, 5) is 16.0. The first-order chi connectivity index (χ1) is 9.63. The van der Waals surface area contributed by atoms with Gasteiger partial charge in [-0.15, -0.1) is 0 Å². The van der Waals surface area contributed by atoms with Crippen molar-refractivity contribution in [2.45, 2.75) is 38.3 Å². The number of anilines is 1. The molecule has 1 fully saturated rings. The highest BCUT2D eigenvalue weighted by Crippen LogP contribution is 2.22. The molecule has 1 saturated carbocycles. The summed E-state index contributed by atoms with van der Waals surface area (Å²) in [5.74, 6) is 0.638. The number of nitrogens with one attached hydrogen (secondary N) is 1. The number of hydrogen-bond donors (Lipinski definition) is 2. The second-order valence-corrected chi connectivity index (χ2v) is 6.12. The average molecular weight is 337 g/mol. The smallest absolute Gasteiger partial charge is 0.220 e. The minimum absolute atomic E-state index is 0.137. The van der Waals surface area contributed by atoms with Gasteiger partial charge in [-0.3, -0.25) is 4.79 Å². The molecular weight excluding hydrogens is 320 g/mol. The predicted octanol–water partition coefficient (Wildman–Crippen LogP) is 2.44. The maximum absolute atomic E-state index is 11.6. The van der Waals surface area contributed by atoms with Crippen LogP contribution in [0.15, 0.2) is 22.7 Å². The molecular formula is C14H17BrN4O. The van der Waals surface area contributed by atoms with Crippen LogP contribution in [-0.4, -0.2) is 21.5 Å². The minimum Gasteiger partial charge on any atom is -0.369 e. The van der Waals surface area contributed by atoms with E-state index in [1.807, 2.05) is 22.8 Å². The first-order valence-corrected chi connectivity index (χ1v) is 7.63. The summed E-state index contributed by atoms with van der Waals surface area (Å²) in [6, 6.07) is 6.34. The van der Waals surface area contributed by atoms with Crippen molar-refractivity contribution in [2.75, 3.05) is 5.73 Å². The Labute approximate surface area is 125 Å². The molecule has 0 spiro atoms. The van der Waals surface area contributed by atoms with Crippen molar-refractivity contribution in [2.24, 2.45) is 0 Å². The molecule has 1 aromatic heterocycles. The lowest BCUT2D eigenvalue weighted by molar-refractivity contribution is -0.121. The number of carbonyl (C=O) groups is 1. The zero-order valence-electron chi connectivity index (χ0n) is 11.1. The van der Waals surface area contributed by atoms with E-state index in [1.165, 1.54) is 0 Å². The third kappa shape index (κ3) is 2.95. The Morgan fingerprint density at radius 3 is 3.05 bits per heavy atom. The second-order valence-electron chi connectivity index (χ2n) is 5.20. The quantitative estimate of drug-likeness (QED) is 0.880. The number of hydrogen-bond acceptors (Lipinski definition) is 3. The van der Waals surface area contributed by atoms with Crippen LogP contribution in [0, 0.1) is 0 Å². The second kappa shape index (κ2) is 5.44. The fraction of sp³-hybridized carbons (Fsp3) is 0.429. The summed E-state index contributed by atoms with van der Waals surface area (Å²) in [7, 11) is 0. The van der Waals surface area contributed by atoms with Crippen LogP contribution in [-0.2, 0) is 11.3 Å². The molecule has 1 amide bonds. The number of amides is 1. The highest BCUT2D eigenvalue weighted by Gasteiger charge is 2.22. The molecule has 0 unspecified atom stereocenters. The van der Waals surface area contributed by atoms with Crippen molar-refractivity contribution in [1.82, 2.24) is 14.9 Å². The van der Waals surface area contributed by atoms with Crippen molar-refractivity contribution in [3.63, 3.8) is 0 Å². The standard InChI is InChI=1S/C14H17BrN4O/c15-9-3-6-12-11(8-9)18-14(16)19(12)7-1-2-13(20)17-10-4-5-10/h3,6,8,10H,1-2,4-5,7H2,(H2,16,18)(H,17,20). The van der Waals surface area contributed by atoms with Crippen molar-refractivity contribution < 1.29 is 4.79 Å². The Kier molecular flexibility index (Phi) is 3.65. The number of rotatable bonds is 5. The lowest BCUT2D eigenvalue weighted by atomic mass is 10.2. The Morgan fingerprint density at radius 2 is 2.30 bits per heavy atom. The van der Waals surface area contributed by atoms with E-state index >= 15 is 0 Å². The predicted molar refractivity (Wildman–Crippen MR) is 82.2 cm³/mol. The molecule has 5 nitrogen and oxygen atoms in total. The van der Waals surface area contributed by atoms with Gasteiger partial charge in [0.1, 0.15) is 0 Å². The van der Waals surface area contributed by atoms with Crippen LogP contribution < -0.4 is 11.1 Å². The number of aryl methyl sites for hydroxylation is 1. The molecule has 106 valence electrons. The van der Waals surface area contributed by atoms with Gasteiger partial charge in [0, 0.05) is 23.5 Å². The van der Waals surface area contributed by atoms with E-state index in [0.717, 1.165) is 34.8 Å². The Bertz CT molecular complexity index is 648. The molecule has 1 aliphatic carbocycles. The zero-order valence-corrected chi connectivity index (χ0v) is 12.7. The van der Waals surface area contributed by atoms with Crippen LogP contribution in [0.4, 0.5) is 5.95 Å². The average Bonchev–Trinajstić information content (AvgIpc) is 3.14. The number of nitrogens with zero attached hydrogens (tertiary/aromatic N) is 2. The first-order valence-electron chi connectivity index (χ1n) is 6.84. The van der Waals surface area contributed by atoms with Crippen LogP contribution >= 0.6 is 15.9 Å². The molecule has 3 N–H and O–H groups in total. The number of halogens is 1. The highest BCUT2D eigenvalue weighted by molar-refractivity contribution is 9.10. The summed E-state index contributed by atoms with van der Waals surface area (Å²) >= 11 is 3.42. The third-order valence-electron chi connectivity index (χ3n) is 3.47. The fourth-order valence-corrected chi connectivity index (χ4v) is 2.63. The van der Waals surface area contributed by atoms with Crippen LogP contribution in [0.2, 0.25) is 0 Å². The lowest BCUT2D eigenvalue weighted by Gasteiger charge is -2.07. The van der Waals surface area contributed by atoms with Gasteiger partial charge in [0.15, 0.2) is 0 Å². The number of nitrogens with two attached hydrogens (primary N) is 1. The molecule has 20 heavy (non-hydrogen) atoms. The number of nitrogen functional groups attached to an aromatic ring is 1. The molecule has 1 aliphatic rings. The third-order valence-corrected chi connectivity index (χ3v) is 3.96. The largest absolute Gasteiger partial charge is 0.369 e. The SMILES string of the molecule is Nc1nc2cc(Br)ccc2n1CCCC(=O)NC1CC1. The van der Waals surface area contributed by atoms with Gasteiger partial charge >= 0.3 is 0 Å². The Balaban J connectivity index is 1.64. The summed E-state index contributed by atoms with van der Waals surface area (Å²) in [6.45, 7) is 0.710. The van der Waals surface area contributed by atoms with Gasteiger partial charge in [-0.25, -0.2) is 4.98 Å². The number of aromatic nitrogens is 2. The van der Waals surface area contributed by atoms with Gasteiger partial charge in [0.05, 0.1) is 11.0 Å². The normalized spacial score (nSPS) is 14.7. The maximum Gasteiger partial charge on any atom is 0.220 e. The van der Waals surface area contributed by atoms with E-state index in [-0.39, 0.29) is 5.91 Å². The molecule has 1 heterocycles. The summed E-state index contributed by atoms with van der Waals surface area (Å²) in [5, 5.41) is 2.99. The topological polar surface area (TPSA) is 72.9 Å². The number of carbonyl (C=O) groups excluding carboxylic acids is 1. The van der Waals surface area contributed by atoms with E-state index in [0.29, 0.717) is 25.0 Å². The van der Waals surface area contributed by atoms with E-state index in [9.17, 15) is 4.79 Å². The van der Waals surface area contributed by atoms with Gasteiger partial charge in [-0.2, -0.15) is 0 Å². The molecule has 0 saturated heterocycles. The summed E-state index contributed by atoms with van der Waals surface area (Å²) in [6.07, 6.45) is 3.55. The molecule has 0 bridgehead atoms. The summed E-state index contributed by atoms with van der Waals surface area (Å²) < 4.78 is 2.95. The molecule has 0 atom stereocenters. The van der Waals surface area contributed by atoms with E-state index in [1.54, 1.807) is 0 Å². The highest BCUT2D eigenvalue weighted by atomic mass is 79.9. The van der Waals surface area contributed by atoms with Gasteiger partial charge in [-0.1, -0.05) is 15.9 Å². The van der Waals surface area contributed by atoms with Crippen molar-refractivity contribution in [1.29, 1.82) is 0 Å². The van der Waals surface area contributed by atoms with Crippen LogP contribution in [0.5, 0.6) is 0 Å². The van der Waals surface area contributed by atoms with Crippen molar-refractivity contribution >= 4 is 38.8 Å².